The lowest BCUT2D eigenvalue weighted by molar-refractivity contribution is 0.668. The van der Waals surface area contributed by atoms with Gasteiger partial charge in [0, 0.05) is 49.9 Å². The highest BCUT2D eigenvalue weighted by atomic mass is 16.3. The lowest BCUT2D eigenvalue weighted by Crippen LogP contribution is -2.00. The van der Waals surface area contributed by atoms with E-state index in [1.165, 1.54) is 38.2 Å². The summed E-state index contributed by atoms with van der Waals surface area (Å²) in [5.74, 6) is 1.76. The van der Waals surface area contributed by atoms with Crippen LogP contribution in [0, 0.1) is 0 Å². The minimum atomic E-state index is 0.569. The summed E-state index contributed by atoms with van der Waals surface area (Å²) in [5, 5.41) is 6.72. The Morgan fingerprint density at radius 2 is 0.750 bits per heavy atom. The van der Waals surface area contributed by atoms with Crippen LogP contribution in [0.4, 0.5) is 0 Å². The molecule has 0 bridgehead atoms. The third-order valence-corrected chi connectivity index (χ3v) is 14.1. The Balaban J connectivity index is 0.952. The molecule has 0 aliphatic carbocycles. The first-order valence-electron chi connectivity index (χ1n) is 24.3. The van der Waals surface area contributed by atoms with Gasteiger partial charge in [0.05, 0.1) is 16.7 Å². The van der Waals surface area contributed by atoms with Gasteiger partial charge in [0.2, 0.25) is 0 Å². The molecule has 0 aliphatic rings. The normalized spacial score (nSPS) is 11.6. The summed E-state index contributed by atoms with van der Waals surface area (Å²) in [6.45, 7) is 0. The van der Waals surface area contributed by atoms with Gasteiger partial charge in [0.15, 0.2) is 17.5 Å². The molecule has 0 atom stereocenters. The minimum Gasteiger partial charge on any atom is -0.456 e. The maximum absolute atomic E-state index is 6.95. The van der Waals surface area contributed by atoms with Crippen molar-refractivity contribution in [1.29, 1.82) is 0 Å². The van der Waals surface area contributed by atoms with Gasteiger partial charge in [0.1, 0.15) is 11.2 Å². The van der Waals surface area contributed by atoms with E-state index in [9.17, 15) is 0 Å². The fraction of sp³-hybridized carbons (Fsp3) is 0. The number of benzene rings is 11. The molecule has 5 heteroatoms. The molecule has 0 radical (unpaired) electrons. The number of para-hydroxylation sites is 1. The molecule has 14 aromatic rings. The third-order valence-electron chi connectivity index (χ3n) is 14.1. The van der Waals surface area contributed by atoms with Crippen molar-refractivity contribution in [2.75, 3.05) is 0 Å². The van der Waals surface area contributed by atoms with Crippen LogP contribution in [0.5, 0.6) is 0 Å². The van der Waals surface area contributed by atoms with E-state index in [1.54, 1.807) is 0 Å². The quantitative estimate of drug-likeness (QED) is 0.152. The average Bonchev–Trinajstić information content (AvgIpc) is 3.99. The molecule has 3 heterocycles. The molecule has 5 nitrogen and oxygen atoms in total. The van der Waals surface area contributed by atoms with E-state index in [1.807, 2.05) is 48.5 Å². The highest BCUT2D eigenvalue weighted by molar-refractivity contribution is 6.16. The Kier molecular flexibility index (Phi) is 9.78. The van der Waals surface area contributed by atoms with Crippen LogP contribution in [0.3, 0.4) is 0 Å². The van der Waals surface area contributed by atoms with Crippen molar-refractivity contribution in [3.05, 3.63) is 255 Å². The molecule has 0 spiro atoms. The van der Waals surface area contributed by atoms with Crippen LogP contribution in [0.2, 0.25) is 0 Å². The van der Waals surface area contributed by atoms with Crippen LogP contribution in [-0.2, 0) is 0 Å². The summed E-state index contributed by atoms with van der Waals surface area (Å²) in [6.07, 6.45) is 0. The molecule has 336 valence electrons. The number of hydrogen-bond donors (Lipinski definition) is 0. The Bertz CT molecular complexity index is 4330. The van der Waals surface area contributed by atoms with E-state index in [0.29, 0.717) is 17.5 Å². The molecule has 72 heavy (non-hydrogen) atoms. The minimum absolute atomic E-state index is 0.569. The number of rotatable bonds is 8. The van der Waals surface area contributed by atoms with Crippen molar-refractivity contribution in [3.63, 3.8) is 0 Å². The van der Waals surface area contributed by atoms with Crippen molar-refractivity contribution in [2.45, 2.75) is 0 Å². The molecule has 0 unspecified atom stereocenters. The van der Waals surface area contributed by atoms with Crippen LogP contribution in [0.25, 0.3) is 139 Å². The average molecular weight is 919 g/mol. The SMILES string of the molecule is c1ccc(-c2ccc(-c3ccc(-c4nc(-c5ccccc5)nc(-c5cccc6oc7cc(-n8c9ccccc9c9cc%10ccccc%10cc98)c(-c8ccc(-c9ccccc9)cc8)cc7c56)n4)cc3)cc2)cc1. The molecule has 0 fully saturated rings. The lowest BCUT2D eigenvalue weighted by atomic mass is 9.96. The number of nitrogens with zero attached hydrogens (tertiary/aromatic N) is 4. The lowest BCUT2D eigenvalue weighted by Gasteiger charge is -2.15. The predicted octanol–water partition coefficient (Wildman–Crippen LogP) is 17.7. The topological polar surface area (TPSA) is 56.7 Å². The van der Waals surface area contributed by atoms with Gasteiger partial charge < -0.3 is 8.98 Å². The zero-order valence-electron chi connectivity index (χ0n) is 38.9. The first kappa shape index (κ1) is 41.3. The van der Waals surface area contributed by atoms with Gasteiger partial charge in [-0.15, -0.1) is 0 Å². The summed E-state index contributed by atoms with van der Waals surface area (Å²) in [5.41, 5.74) is 16.6. The molecule has 0 saturated heterocycles. The molecule has 0 N–H and O–H groups in total. The van der Waals surface area contributed by atoms with Gasteiger partial charge in [-0.2, -0.15) is 0 Å². The first-order valence-corrected chi connectivity index (χ1v) is 24.3. The molecule has 0 saturated carbocycles. The summed E-state index contributed by atoms with van der Waals surface area (Å²) in [6, 6.07) is 90.0. The first-order chi connectivity index (χ1) is 35.7. The number of fused-ring (bicyclic) bond motifs is 7. The van der Waals surface area contributed by atoms with Crippen LogP contribution in [-0.4, -0.2) is 19.5 Å². The zero-order chi connectivity index (χ0) is 47.5. The largest absolute Gasteiger partial charge is 0.456 e. The second kappa shape index (κ2) is 17.1. The summed E-state index contributed by atoms with van der Waals surface area (Å²) >= 11 is 0. The fourth-order valence-corrected chi connectivity index (χ4v) is 10.5. The van der Waals surface area contributed by atoms with E-state index in [4.69, 9.17) is 19.4 Å². The molecular weight excluding hydrogens is 877 g/mol. The summed E-state index contributed by atoms with van der Waals surface area (Å²) in [4.78, 5) is 15.6. The van der Waals surface area contributed by atoms with Crippen molar-refractivity contribution in [2.24, 2.45) is 0 Å². The predicted molar refractivity (Wildman–Crippen MR) is 297 cm³/mol. The number of hydrogen-bond acceptors (Lipinski definition) is 4. The maximum atomic E-state index is 6.95. The fourth-order valence-electron chi connectivity index (χ4n) is 10.5. The van der Waals surface area contributed by atoms with Crippen molar-refractivity contribution < 1.29 is 4.42 Å². The second-order valence-electron chi connectivity index (χ2n) is 18.4. The smallest absolute Gasteiger partial charge is 0.164 e. The Labute approximate surface area is 415 Å². The number of furan rings is 1. The Morgan fingerprint density at radius 1 is 0.278 bits per heavy atom. The van der Waals surface area contributed by atoms with Crippen LogP contribution in [0.1, 0.15) is 0 Å². The van der Waals surface area contributed by atoms with Gasteiger partial charge in [-0.1, -0.05) is 218 Å². The molecule has 11 aromatic carbocycles. The molecule has 0 aliphatic heterocycles. The maximum Gasteiger partial charge on any atom is 0.164 e. The molecular formula is C67H42N4O. The van der Waals surface area contributed by atoms with Crippen molar-refractivity contribution in [3.8, 4) is 84.4 Å². The summed E-state index contributed by atoms with van der Waals surface area (Å²) in [7, 11) is 0. The van der Waals surface area contributed by atoms with Crippen LogP contribution >= 0.6 is 0 Å². The molecule has 3 aromatic heterocycles. The molecule has 0 amide bonds. The van der Waals surface area contributed by atoms with Gasteiger partial charge in [-0.3, -0.25) is 0 Å². The monoisotopic (exact) mass is 918 g/mol. The van der Waals surface area contributed by atoms with Crippen molar-refractivity contribution >= 4 is 54.5 Å². The number of aromatic nitrogens is 4. The van der Waals surface area contributed by atoms with Crippen molar-refractivity contribution in [1.82, 2.24) is 19.5 Å². The Morgan fingerprint density at radius 3 is 1.36 bits per heavy atom. The highest BCUT2D eigenvalue weighted by Crippen LogP contribution is 2.44. The zero-order valence-corrected chi connectivity index (χ0v) is 38.9. The molecule has 14 rings (SSSR count). The summed E-state index contributed by atoms with van der Waals surface area (Å²) < 4.78 is 9.37. The highest BCUT2D eigenvalue weighted by Gasteiger charge is 2.23. The van der Waals surface area contributed by atoms with E-state index in [-0.39, 0.29) is 0 Å². The van der Waals surface area contributed by atoms with Gasteiger partial charge in [-0.25, -0.2) is 15.0 Å². The van der Waals surface area contributed by atoms with Crippen LogP contribution < -0.4 is 0 Å². The second-order valence-corrected chi connectivity index (χ2v) is 18.4. The van der Waals surface area contributed by atoms with E-state index < -0.39 is 0 Å². The standard InChI is InChI=1S/C67H42N4O/c1-4-15-43(16-5-1)45-27-29-47(30-28-45)48-33-37-51(38-34-48)66-68-65(50-19-8-3-9-20-50)69-67(70-66)55-24-14-26-62-64(55)58-41-56(49-35-31-46(32-36-49)44-17-6-2-7-18-44)61(42-63(58)72-62)71-59-25-13-12-23-54(59)57-39-52-21-10-11-22-53(52)40-60(57)71/h1-42H. The van der Waals surface area contributed by atoms with Gasteiger partial charge in [-0.05, 0) is 80.0 Å². The third kappa shape index (κ3) is 7.14. The van der Waals surface area contributed by atoms with Gasteiger partial charge >= 0.3 is 0 Å². The van der Waals surface area contributed by atoms with Gasteiger partial charge in [0.25, 0.3) is 0 Å². The van der Waals surface area contributed by atoms with E-state index >= 15 is 0 Å². The Hall–Kier alpha value is -9.71. The van der Waals surface area contributed by atoms with E-state index in [0.717, 1.165) is 83.2 Å². The van der Waals surface area contributed by atoms with E-state index in [2.05, 4.69) is 211 Å². The van der Waals surface area contributed by atoms with Crippen LogP contribution in [0.15, 0.2) is 259 Å².